The van der Waals surface area contributed by atoms with Crippen molar-refractivity contribution < 1.29 is 9.94 Å². The van der Waals surface area contributed by atoms with Gasteiger partial charge >= 0.3 is 0 Å². The minimum Gasteiger partial charge on any atom is -0.411 e. The predicted molar refractivity (Wildman–Crippen MR) is 44.3 cm³/mol. The normalized spacial score (nSPS) is 15.3. The molecule has 1 heterocycles. The molecule has 0 fully saturated rings. The van der Waals surface area contributed by atoms with Gasteiger partial charge in [-0.1, -0.05) is 17.3 Å². The minimum atomic E-state index is 0.669. The highest BCUT2D eigenvalue weighted by molar-refractivity contribution is 5.79. The molecule has 0 saturated carbocycles. The third-order valence-corrected chi connectivity index (χ3v) is 1.95. The molecule has 0 saturated heterocycles. The molecule has 0 aromatic heterocycles. The first-order valence-corrected chi connectivity index (χ1v) is 3.77. The Hall–Kier alpha value is -1.35. The Morgan fingerprint density at radius 3 is 3.00 bits per heavy atom. The van der Waals surface area contributed by atoms with E-state index in [0.29, 0.717) is 13.2 Å². The second kappa shape index (κ2) is 2.95. The molecule has 3 heteroatoms. The molecule has 1 aromatic carbocycles. The molecular weight excluding hydrogens is 154 g/mol. The minimum absolute atomic E-state index is 0.669. The zero-order valence-corrected chi connectivity index (χ0v) is 6.53. The molecule has 1 aliphatic rings. The maximum absolute atomic E-state index is 8.31. The summed E-state index contributed by atoms with van der Waals surface area (Å²) in [6, 6.07) is 5.88. The van der Waals surface area contributed by atoms with Crippen molar-refractivity contribution in [2.24, 2.45) is 5.16 Å². The van der Waals surface area contributed by atoms with Crippen LogP contribution in [0.25, 0.3) is 0 Å². The molecule has 0 amide bonds. The van der Waals surface area contributed by atoms with Crippen LogP contribution in [0.2, 0.25) is 0 Å². The van der Waals surface area contributed by atoms with E-state index in [1.165, 1.54) is 17.3 Å². The first-order valence-electron chi connectivity index (χ1n) is 3.77. The summed E-state index contributed by atoms with van der Waals surface area (Å²) in [5.74, 6) is 0. The highest BCUT2D eigenvalue weighted by Crippen LogP contribution is 2.19. The number of ether oxygens (including phenoxy) is 1. The monoisotopic (exact) mass is 163 g/mol. The van der Waals surface area contributed by atoms with Gasteiger partial charge in [-0.05, 0) is 22.8 Å². The second-order valence-corrected chi connectivity index (χ2v) is 2.77. The molecule has 0 unspecified atom stereocenters. The fourth-order valence-corrected chi connectivity index (χ4v) is 1.34. The van der Waals surface area contributed by atoms with E-state index < -0.39 is 0 Å². The molecule has 2 rings (SSSR count). The Balaban J connectivity index is 2.38. The third kappa shape index (κ3) is 1.19. The van der Waals surface area contributed by atoms with Crippen molar-refractivity contribution in [1.82, 2.24) is 0 Å². The molecule has 0 spiro atoms. The fourth-order valence-electron chi connectivity index (χ4n) is 1.34. The molecule has 0 aliphatic carbocycles. The Labute approximate surface area is 70.3 Å². The summed E-state index contributed by atoms with van der Waals surface area (Å²) in [6.07, 6.45) is 1.42. The van der Waals surface area contributed by atoms with E-state index in [1.807, 2.05) is 18.2 Å². The van der Waals surface area contributed by atoms with Crippen LogP contribution in [0, 0.1) is 0 Å². The van der Waals surface area contributed by atoms with Crippen molar-refractivity contribution in [3.8, 4) is 0 Å². The first kappa shape index (κ1) is 7.31. The average molecular weight is 163 g/mol. The van der Waals surface area contributed by atoms with Crippen LogP contribution in [-0.4, -0.2) is 11.4 Å². The lowest BCUT2D eigenvalue weighted by Crippen LogP contribution is -1.86. The Morgan fingerprint density at radius 2 is 2.17 bits per heavy atom. The van der Waals surface area contributed by atoms with E-state index in [1.54, 1.807) is 0 Å². The van der Waals surface area contributed by atoms with Crippen LogP contribution in [-0.2, 0) is 18.0 Å². The average Bonchev–Trinajstić information content (AvgIpc) is 2.51. The topological polar surface area (TPSA) is 41.8 Å². The number of hydrogen-bond acceptors (Lipinski definition) is 3. The maximum atomic E-state index is 8.31. The van der Waals surface area contributed by atoms with Gasteiger partial charge in [0.05, 0.1) is 19.4 Å². The van der Waals surface area contributed by atoms with E-state index >= 15 is 0 Å². The first-order chi connectivity index (χ1) is 5.90. The number of benzene rings is 1. The number of rotatable bonds is 1. The zero-order valence-electron chi connectivity index (χ0n) is 6.53. The molecule has 0 bridgehead atoms. The molecule has 1 N–H and O–H groups in total. The summed E-state index contributed by atoms with van der Waals surface area (Å²) in [4.78, 5) is 0. The summed E-state index contributed by atoms with van der Waals surface area (Å²) < 4.78 is 5.24. The summed E-state index contributed by atoms with van der Waals surface area (Å²) in [5.41, 5.74) is 3.32. The van der Waals surface area contributed by atoms with Crippen molar-refractivity contribution in [3.05, 3.63) is 34.9 Å². The van der Waals surface area contributed by atoms with Crippen LogP contribution in [0.5, 0.6) is 0 Å². The van der Waals surface area contributed by atoms with Gasteiger partial charge in [-0.25, -0.2) is 0 Å². The lowest BCUT2D eigenvalue weighted by atomic mass is 10.1. The van der Waals surface area contributed by atoms with Crippen LogP contribution in [0.1, 0.15) is 16.7 Å². The van der Waals surface area contributed by atoms with E-state index in [4.69, 9.17) is 9.94 Å². The predicted octanol–water partition coefficient (Wildman–Crippen LogP) is 1.52. The number of oxime groups is 1. The van der Waals surface area contributed by atoms with E-state index in [0.717, 1.165) is 5.56 Å². The highest BCUT2D eigenvalue weighted by atomic mass is 16.5. The summed E-state index contributed by atoms with van der Waals surface area (Å²) in [7, 11) is 0. The van der Waals surface area contributed by atoms with Gasteiger partial charge < -0.3 is 9.94 Å². The van der Waals surface area contributed by atoms with Crippen molar-refractivity contribution >= 4 is 6.21 Å². The van der Waals surface area contributed by atoms with Crippen molar-refractivity contribution in [1.29, 1.82) is 0 Å². The van der Waals surface area contributed by atoms with Crippen LogP contribution >= 0.6 is 0 Å². The van der Waals surface area contributed by atoms with E-state index in [-0.39, 0.29) is 0 Å². The molecule has 1 aliphatic heterocycles. The van der Waals surface area contributed by atoms with Crippen LogP contribution in [0.4, 0.5) is 0 Å². The summed E-state index contributed by atoms with van der Waals surface area (Å²) >= 11 is 0. The Kier molecular flexibility index (Phi) is 1.80. The van der Waals surface area contributed by atoms with Crippen LogP contribution < -0.4 is 0 Å². The maximum Gasteiger partial charge on any atom is 0.0733 e. The highest BCUT2D eigenvalue weighted by Gasteiger charge is 2.10. The number of fused-ring (bicyclic) bond motifs is 1. The van der Waals surface area contributed by atoms with Gasteiger partial charge in [0.1, 0.15) is 0 Å². The van der Waals surface area contributed by atoms with Gasteiger partial charge in [-0.3, -0.25) is 0 Å². The van der Waals surface area contributed by atoms with Crippen molar-refractivity contribution in [3.63, 3.8) is 0 Å². The molecular formula is C9H9NO2. The van der Waals surface area contributed by atoms with Gasteiger partial charge in [0.2, 0.25) is 0 Å². The second-order valence-electron chi connectivity index (χ2n) is 2.77. The van der Waals surface area contributed by atoms with Crippen LogP contribution in [0.3, 0.4) is 0 Å². The van der Waals surface area contributed by atoms with E-state index in [2.05, 4.69) is 5.16 Å². The summed E-state index contributed by atoms with van der Waals surface area (Å²) in [5, 5.41) is 11.3. The fraction of sp³-hybridized carbons (Fsp3) is 0.222. The Bertz CT molecular complexity index is 320. The molecule has 1 aromatic rings. The third-order valence-electron chi connectivity index (χ3n) is 1.95. The smallest absolute Gasteiger partial charge is 0.0733 e. The largest absolute Gasteiger partial charge is 0.411 e. The number of hydrogen-bond donors (Lipinski definition) is 1. The van der Waals surface area contributed by atoms with Gasteiger partial charge in [0.25, 0.3) is 0 Å². The van der Waals surface area contributed by atoms with Gasteiger partial charge in [-0.2, -0.15) is 0 Å². The molecule has 0 atom stereocenters. The van der Waals surface area contributed by atoms with Gasteiger partial charge in [0, 0.05) is 0 Å². The lowest BCUT2D eigenvalue weighted by molar-refractivity contribution is 0.134. The van der Waals surface area contributed by atoms with Crippen molar-refractivity contribution in [2.45, 2.75) is 13.2 Å². The Morgan fingerprint density at radius 1 is 1.33 bits per heavy atom. The SMILES string of the molecule is ON=Cc1ccc2c(c1)COC2. The molecule has 62 valence electrons. The summed E-state index contributed by atoms with van der Waals surface area (Å²) in [6.45, 7) is 1.37. The number of nitrogens with zero attached hydrogens (tertiary/aromatic N) is 1. The molecule has 12 heavy (non-hydrogen) atoms. The quantitative estimate of drug-likeness (QED) is 0.387. The van der Waals surface area contributed by atoms with Gasteiger partial charge in [0.15, 0.2) is 0 Å². The lowest BCUT2D eigenvalue weighted by Gasteiger charge is -1.96. The standard InChI is InChI=1S/C9H9NO2/c11-10-4-7-1-2-8-5-12-6-9(8)3-7/h1-4,11H,5-6H2. The molecule has 0 radical (unpaired) electrons. The zero-order chi connectivity index (χ0) is 8.39. The van der Waals surface area contributed by atoms with Crippen molar-refractivity contribution in [2.75, 3.05) is 0 Å². The van der Waals surface area contributed by atoms with Crippen LogP contribution in [0.15, 0.2) is 23.4 Å². The van der Waals surface area contributed by atoms with E-state index in [9.17, 15) is 0 Å². The molecule has 3 nitrogen and oxygen atoms in total. The van der Waals surface area contributed by atoms with Gasteiger partial charge in [-0.15, -0.1) is 0 Å².